The molecule has 11 heavy (non-hydrogen) atoms. The number of nitrogens with one attached hydrogen (secondary N) is 1. The summed E-state index contributed by atoms with van der Waals surface area (Å²) >= 11 is 0. The third-order valence-corrected chi connectivity index (χ3v) is 1.63. The Labute approximate surface area is 65.2 Å². The van der Waals surface area contributed by atoms with Crippen LogP contribution in [0.15, 0.2) is 29.5 Å². The third kappa shape index (κ3) is 1.22. The van der Waals surface area contributed by atoms with E-state index < -0.39 is 0 Å². The number of hydrogen-bond acceptors (Lipinski definition) is 3. The van der Waals surface area contributed by atoms with Gasteiger partial charge in [0.25, 0.3) is 0 Å². The minimum absolute atomic E-state index is 0.887. The van der Waals surface area contributed by atoms with E-state index in [1.54, 1.807) is 12.4 Å². The fourth-order valence-electron chi connectivity index (χ4n) is 1.10. The summed E-state index contributed by atoms with van der Waals surface area (Å²) < 4.78 is 0. The molecule has 1 aliphatic heterocycles. The van der Waals surface area contributed by atoms with Gasteiger partial charge < -0.3 is 5.32 Å². The Balaban J connectivity index is 2.29. The van der Waals surface area contributed by atoms with E-state index in [0.717, 1.165) is 24.5 Å². The van der Waals surface area contributed by atoms with Crippen molar-refractivity contribution < 1.29 is 0 Å². The Morgan fingerprint density at radius 2 is 2.09 bits per heavy atom. The number of rotatable bonds is 1. The number of aromatic nitrogens is 1. The van der Waals surface area contributed by atoms with Crippen LogP contribution in [0.5, 0.6) is 0 Å². The summed E-state index contributed by atoms with van der Waals surface area (Å²) in [7, 11) is 0. The van der Waals surface area contributed by atoms with E-state index in [-0.39, 0.29) is 0 Å². The van der Waals surface area contributed by atoms with E-state index >= 15 is 0 Å². The molecule has 0 atom stereocenters. The lowest BCUT2D eigenvalue weighted by Gasteiger charge is -1.99. The largest absolute Gasteiger partial charge is 0.368 e. The second-order valence-corrected chi connectivity index (χ2v) is 2.39. The van der Waals surface area contributed by atoms with E-state index in [4.69, 9.17) is 0 Å². The quantitative estimate of drug-likeness (QED) is 0.625. The van der Waals surface area contributed by atoms with Crippen LogP contribution in [0.25, 0.3) is 0 Å². The second-order valence-electron chi connectivity index (χ2n) is 2.39. The number of nitrogens with zero attached hydrogens (tertiary/aromatic N) is 2. The van der Waals surface area contributed by atoms with Crippen LogP contribution >= 0.6 is 0 Å². The maximum atomic E-state index is 4.28. The molecule has 0 radical (unpaired) electrons. The third-order valence-electron chi connectivity index (χ3n) is 1.63. The first-order valence-corrected chi connectivity index (χ1v) is 3.65. The topological polar surface area (TPSA) is 37.3 Å². The number of aliphatic imine (C=N–C) groups is 1. The van der Waals surface area contributed by atoms with E-state index in [1.165, 1.54) is 0 Å². The predicted molar refractivity (Wildman–Crippen MR) is 43.6 cm³/mol. The van der Waals surface area contributed by atoms with Gasteiger partial charge in [-0.05, 0) is 12.1 Å². The highest BCUT2D eigenvalue weighted by Crippen LogP contribution is 1.99. The summed E-state index contributed by atoms with van der Waals surface area (Å²) in [6, 6.07) is 3.91. The van der Waals surface area contributed by atoms with Crippen molar-refractivity contribution in [2.75, 3.05) is 13.1 Å². The van der Waals surface area contributed by atoms with E-state index in [2.05, 4.69) is 15.3 Å². The van der Waals surface area contributed by atoms with Crippen LogP contribution in [0.4, 0.5) is 0 Å². The maximum absolute atomic E-state index is 4.28. The van der Waals surface area contributed by atoms with E-state index in [9.17, 15) is 0 Å². The lowest BCUT2D eigenvalue weighted by molar-refractivity contribution is 0.960. The Morgan fingerprint density at radius 3 is 2.73 bits per heavy atom. The molecule has 0 unspecified atom stereocenters. The summed E-state index contributed by atoms with van der Waals surface area (Å²) in [5.74, 6) is 0.993. The molecule has 56 valence electrons. The van der Waals surface area contributed by atoms with Crippen LogP contribution in [0.2, 0.25) is 0 Å². The molecule has 2 rings (SSSR count). The van der Waals surface area contributed by atoms with Gasteiger partial charge in [-0.1, -0.05) is 0 Å². The number of hydrogen-bond donors (Lipinski definition) is 1. The highest BCUT2D eigenvalue weighted by atomic mass is 15.1. The second kappa shape index (κ2) is 2.70. The summed E-state index contributed by atoms with van der Waals surface area (Å²) in [4.78, 5) is 8.22. The van der Waals surface area contributed by atoms with Gasteiger partial charge in [0.05, 0.1) is 6.54 Å². The van der Waals surface area contributed by atoms with Crippen LogP contribution in [0.1, 0.15) is 5.56 Å². The zero-order chi connectivity index (χ0) is 7.52. The van der Waals surface area contributed by atoms with Crippen molar-refractivity contribution in [1.82, 2.24) is 10.3 Å². The van der Waals surface area contributed by atoms with E-state index in [1.807, 2.05) is 12.1 Å². The van der Waals surface area contributed by atoms with Gasteiger partial charge in [-0.3, -0.25) is 9.98 Å². The molecule has 1 aromatic heterocycles. The first kappa shape index (κ1) is 6.34. The summed E-state index contributed by atoms with van der Waals surface area (Å²) in [6.45, 7) is 1.84. The van der Waals surface area contributed by atoms with Gasteiger partial charge in [0, 0.05) is 24.5 Å². The average Bonchev–Trinajstić information content (AvgIpc) is 2.58. The summed E-state index contributed by atoms with van der Waals surface area (Å²) in [5, 5.41) is 3.20. The molecule has 0 aliphatic carbocycles. The molecule has 2 heterocycles. The summed E-state index contributed by atoms with van der Waals surface area (Å²) in [5.41, 5.74) is 1.12. The molecular formula is C8H9N3. The molecule has 3 heteroatoms. The Bertz CT molecular complexity index is 266. The molecule has 0 spiro atoms. The zero-order valence-corrected chi connectivity index (χ0v) is 6.12. The molecule has 0 amide bonds. The molecule has 1 aliphatic rings. The Hall–Kier alpha value is -1.38. The van der Waals surface area contributed by atoms with Crippen molar-refractivity contribution in [3.8, 4) is 0 Å². The molecule has 0 fully saturated rings. The van der Waals surface area contributed by atoms with Crippen molar-refractivity contribution in [1.29, 1.82) is 0 Å². The van der Waals surface area contributed by atoms with Crippen molar-refractivity contribution in [2.24, 2.45) is 4.99 Å². The van der Waals surface area contributed by atoms with Crippen LogP contribution < -0.4 is 5.32 Å². The Kier molecular flexibility index (Phi) is 1.55. The van der Waals surface area contributed by atoms with Gasteiger partial charge in [-0.2, -0.15) is 0 Å². The minimum Gasteiger partial charge on any atom is -0.368 e. The standard InChI is InChI=1S/C8H9N3/c1-3-9-4-2-7(1)8-10-5-6-11-8/h1-4H,5-6H2,(H,10,11). The van der Waals surface area contributed by atoms with Crippen LogP contribution in [0, 0.1) is 0 Å². The molecule has 0 aromatic carbocycles. The fourth-order valence-corrected chi connectivity index (χ4v) is 1.10. The van der Waals surface area contributed by atoms with Crippen LogP contribution in [0.3, 0.4) is 0 Å². The van der Waals surface area contributed by atoms with Crippen molar-refractivity contribution >= 4 is 5.84 Å². The van der Waals surface area contributed by atoms with Crippen molar-refractivity contribution in [3.05, 3.63) is 30.1 Å². The van der Waals surface area contributed by atoms with Crippen LogP contribution in [-0.2, 0) is 0 Å². The number of pyridine rings is 1. The fraction of sp³-hybridized carbons (Fsp3) is 0.250. The molecule has 3 nitrogen and oxygen atoms in total. The van der Waals surface area contributed by atoms with Gasteiger partial charge in [0.15, 0.2) is 0 Å². The van der Waals surface area contributed by atoms with Gasteiger partial charge >= 0.3 is 0 Å². The number of amidine groups is 1. The van der Waals surface area contributed by atoms with Crippen molar-refractivity contribution in [3.63, 3.8) is 0 Å². The van der Waals surface area contributed by atoms with Gasteiger partial charge in [0.1, 0.15) is 5.84 Å². The van der Waals surface area contributed by atoms with E-state index in [0.29, 0.717) is 0 Å². The zero-order valence-electron chi connectivity index (χ0n) is 6.12. The predicted octanol–water partition coefficient (Wildman–Crippen LogP) is 0.431. The molecule has 0 bridgehead atoms. The molecule has 1 aromatic rings. The lowest BCUT2D eigenvalue weighted by Crippen LogP contribution is -2.19. The highest BCUT2D eigenvalue weighted by Gasteiger charge is 2.05. The molecule has 0 saturated heterocycles. The monoisotopic (exact) mass is 147 g/mol. The normalized spacial score (nSPS) is 15.8. The lowest BCUT2D eigenvalue weighted by atomic mass is 10.2. The first-order chi connectivity index (χ1) is 5.47. The van der Waals surface area contributed by atoms with Gasteiger partial charge in [-0.15, -0.1) is 0 Å². The summed E-state index contributed by atoms with van der Waals surface area (Å²) in [6.07, 6.45) is 3.55. The first-order valence-electron chi connectivity index (χ1n) is 3.65. The van der Waals surface area contributed by atoms with Gasteiger partial charge in [-0.25, -0.2) is 0 Å². The van der Waals surface area contributed by atoms with Crippen molar-refractivity contribution in [2.45, 2.75) is 0 Å². The average molecular weight is 147 g/mol. The SMILES string of the molecule is c1cc(C2=NCCN2)ccn1. The molecular weight excluding hydrogens is 138 g/mol. The minimum atomic E-state index is 0.887. The molecule has 0 saturated carbocycles. The van der Waals surface area contributed by atoms with Crippen LogP contribution in [-0.4, -0.2) is 23.9 Å². The Morgan fingerprint density at radius 1 is 1.27 bits per heavy atom. The molecule has 1 N–H and O–H groups in total. The smallest absolute Gasteiger partial charge is 0.128 e. The highest BCUT2D eigenvalue weighted by molar-refractivity contribution is 5.99. The van der Waals surface area contributed by atoms with Gasteiger partial charge in [0.2, 0.25) is 0 Å². The maximum Gasteiger partial charge on any atom is 0.128 e.